The van der Waals surface area contributed by atoms with Gasteiger partial charge in [-0.3, -0.25) is 9.59 Å². The first-order chi connectivity index (χ1) is 24.1. The molecular weight excluding hydrogens is 746 g/mol. The molecule has 2 amide bonds. The summed E-state index contributed by atoms with van der Waals surface area (Å²) >= 11 is 12.9. The minimum Gasteiger partial charge on any atom is -0.492 e. The zero-order chi connectivity index (χ0) is 35.7. The number of hydrogen-bond donors (Lipinski definition) is 2. The molecule has 2 aliphatic rings. The summed E-state index contributed by atoms with van der Waals surface area (Å²) in [4.78, 5) is 31.5. The minimum atomic E-state index is -1.02. The summed E-state index contributed by atoms with van der Waals surface area (Å²) in [6, 6.07) is 19.1. The lowest BCUT2D eigenvalue weighted by molar-refractivity contribution is -0.143. The summed E-state index contributed by atoms with van der Waals surface area (Å²) in [5.41, 5.74) is 3.05. The van der Waals surface area contributed by atoms with Crippen molar-refractivity contribution in [3.63, 3.8) is 0 Å². The number of nitrogens with zero attached hydrogens (tertiary/aromatic N) is 2. The molecule has 3 aromatic carbocycles. The highest BCUT2D eigenvalue weighted by molar-refractivity contribution is 6.31. The maximum atomic E-state index is 14.4. The van der Waals surface area contributed by atoms with Crippen molar-refractivity contribution in [3.8, 4) is 11.5 Å². The first-order valence-corrected chi connectivity index (χ1v) is 18.3. The van der Waals surface area contributed by atoms with Gasteiger partial charge in [0.15, 0.2) is 11.5 Å². The Morgan fingerprint density at radius 1 is 0.981 bits per heavy atom. The van der Waals surface area contributed by atoms with Gasteiger partial charge in [-0.1, -0.05) is 74.3 Å². The lowest BCUT2D eigenvalue weighted by Gasteiger charge is -2.32. The van der Waals surface area contributed by atoms with Gasteiger partial charge in [0.2, 0.25) is 5.91 Å². The number of rotatable bonds is 14. The number of fused-ring (bicyclic) bond motifs is 1. The number of anilines is 1. The summed E-state index contributed by atoms with van der Waals surface area (Å²) in [5, 5.41) is 8.09. The quantitative estimate of drug-likeness (QED) is 0.163. The van der Waals surface area contributed by atoms with Crippen molar-refractivity contribution < 1.29 is 23.8 Å². The average Bonchev–Trinajstić information content (AvgIpc) is 3.20. The number of hydrogen-bond acceptors (Lipinski definition) is 7. The van der Waals surface area contributed by atoms with Crippen LogP contribution < -0.4 is 25.0 Å². The average molecular weight is 799 g/mol. The summed E-state index contributed by atoms with van der Waals surface area (Å²) in [5.74, 6) is 0.733. The summed E-state index contributed by atoms with van der Waals surface area (Å²) in [7, 11) is 1.60. The van der Waals surface area contributed by atoms with E-state index in [-0.39, 0.29) is 48.5 Å². The van der Waals surface area contributed by atoms with Crippen LogP contribution >= 0.6 is 48.0 Å². The number of ether oxygens (including phenoxy) is 3. The van der Waals surface area contributed by atoms with E-state index in [9.17, 15) is 9.59 Å². The van der Waals surface area contributed by atoms with Crippen molar-refractivity contribution in [1.29, 1.82) is 0 Å². The topological polar surface area (TPSA) is 92.4 Å². The molecule has 0 spiro atoms. The van der Waals surface area contributed by atoms with E-state index in [1.807, 2.05) is 48.5 Å². The highest BCUT2D eigenvalue weighted by Crippen LogP contribution is 2.45. The number of carbonyl (C=O) groups is 2. The molecule has 1 fully saturated rings. The van der Waals surface area contributed by atoms with Gasteiger partial charge < -0.3 is 34.6 Å². The second-order valence-electron chi connectivity index (χ2n) is 14.1. The Bertz CT molecular complexity index is 1620. The van der Waals surface area contributed by atoms with E-state index in [2.05, 4.69) is 37.5 Å². The molecule has 9 nitrogen and oxygen atoms in total. The second-order valence-corrected chi connectivity index (χ2v) is 14.9. The zero-order valence-electron chi connectivity index (χ0n) is 30.4. The monoisotopic (exact) mass is 796 g/mol. The number of para-hydroxylation sites is 1. The van der Waals surface area contributed by atoms with E-state index >= 15 is 0 Å². The third-order valence-corrected chi connectivity index (χ3v) is 9.48. The van der Waals surface area contributed by atoms with Crippen LogP contribution in [-0.2, 0) is 20.7 Å². The van der Waals surface area contributed by atoms with Gasteiger partial charge in [0.1, 0.15) is 12.2 Å². The van der Waals surface area contributed by atoms with Crippen LogP contribution in [0.1, 0.15) is 62.8 Å². The van der Waals surface area contributed by atoms with E-state index < -0.39 is 12.2 Å². The molecule has 0 bridgehead atoms. The van der Waals surface area contributed by atoms with Gasteiger partial charge >= 0.3 is 0 Å². The molecule has 13 heteroatoms. The first kappa shape index (κ1) is 43.6. The molecule has 2 aliphatic heterocycles. The summed E-state index contributed by atoms with van der Waals surface area (Å²) in [6.45, 7) is 11.5. The molecule has 286 valence electrons. The molecule has 0 radical (unpaired) electrons. The van der Waals surface area contributed by atoms with Crippen molar-refractivity contribution in [2.24, 2.45) is 5.41 Å². The molecule has 5 rings (SSSR count). The minimum absolute atomic E-state index is 0. The van der Waals surface area contributed by atoms with Crippen LogP contribution in [-0.4, -0.2) is 82.3 Å². The standard InChI is InChI=1S/C39H50Cl2N4O5.2ClH/c1-39(2,3)26-45-32-16-15-28(40)24-30(32)36(50-34(38(45)47)25-35(46)44-21-19-43-20-22-44)29-12-7-14-33(37(29)48-4)49-23-9-18-42-17-8-11-27-10-5-6-13-31(27)41;;/h5-7,10,12-16,24,34,36,42-43H,8-9,11,17-23,25-26H2,1-4H3;2*1H/t34-,36-;;/m0../s1. The largest absolute Gasteiger partial charge is 0.492 e. The molecule has 0 aliphatic carbocycles. The maximum Gasteiger partial charge on any atom is 0.256 e. The fourth-order valence-electron chi connectivity index (χ4n) is 6.47. The predicted octanol–water partition coefficient (Wildman–Crippen LogP) is 7.53. The van der Waals surface area contributed by atoms with Gasteiger partial charge in [-0.15, -0.1) is 24.8 Å². The van der Waals surface area contributed by atoms with Crippen molar-refractivity contribution in [1.82, 2.24) is 15.5 Å². The number of methoxy groups -OCH3 is 1. The van der Waals surface area contributed by atoms with E-state index in [0.717, 1.165) is 61.6 Å². The first-order valence-electron chi connectivity index (χ1n) is 17.5. The van der Waals surface area contributed by atoms with E-state index in [1.165, 1.54) is 0 Å². The summed E-state index contributed by atoms with van der Waals surface area (Å²) in [6.07, 6.45) is 0.872. The smallest absolute Gasteiger partial charge is 0.256 e. The van der Waals surface area contributed by atoms with Gasteiger partial charge in [-0.25, -0.2) is 0 Å². The number of amides is 2. The van der Waals surface area contributed by atoms with Crippen molar-refractivity contribution in [2.45, 2.75) is 58.7 Å². The number of nitrogens with one attached hydrogen (secondary N) is 2. The van der Waals surface area contributed by atoms with Crippen LogP contribution in [0.3, 0.4) is 0 Å². The van der Waals surface area contributed by atoms with Crippen LogP contribution in [0.4, 0.5) is 5.69 Å². The van der Waals surface area contributed by atoms with Crippen LogP contribution in [0, 0.1) is 5.41 Å². The molecule has 52 heavy (non-hydrogen) atoms. The molecule has 0 saturated carbocycles. The normalized spacial score (nSPS) is 17.4. The highest BCUT2D eigenvalue weighted by atomic mass is 35.5. The van der Waals surface area contributed by atoms with Crippen LogP contribution in [0.2, 0.25) is 10.0 Å². The summed E-state index contributed by atoms with van der Waals surface area (Å²) < 4.78 is 19.0. The fraction of sp³-hybridized carbons (Fsp3) is 0.487. The molecule has 3 aromatic rings. The predicted molar refractivity (Wildman–Crippen MR) is 214 cm³/mol. The number of aryl methyl sites for hydroxylation is 1. The van der Waals surface area contributed by atoms with Gasteiger partial charge in [-0.2, -0.15) is 0 Å². The van der Waals surface area contributed by atoms with Crippen molar-refractivity contribution in [2.75, 3.05) is 64.4 Å². The van der Waals surface area contributed by atoms with Gasteiger partial charge in [0.05, 0.1) is 20.1 Å². The van der Waals surface area contributed by atoms with Gasteiger partial charge in [0, 0.05) is 59.6 Å². The molecule has 0 unspecified atom stereocenters. The Balaban J connectivity index is 0.00000364. The number of piperazine rings is 1. The molecule has 2 heterocycles. The molecule has 0 aromatic heterocycles. The third kappa shape index (κ3) is 11.6. The lowest BCUT2D eigenvalue weighted by atomic mass is 9.94. The Hall–Kier alpha value is -2.76. The molecule has 2 atom stereocenters. The highest BCUT2D eigenvalue weighted by Gasteiger charge is 2.40. The Kier molecular flexibility index (Phi) is 17.3. The molecule has 1 saturated heterocycles. The van der Waals surface area contributed by atoms with Crippen molar-refractivity contribution in [3.05, 3.63) is 87.4 Å². The zero-order valence-corrected chi connectivity index (χ0v) is 33.6. The maximum absolute atomic E-state index is 14.4. The molecule has 2 N–H and O–H groups in total. The fourth-order valence-corrected chi connectivity index (χ4v) is 6.88. The van der Waals surface area contributed by atoms with Gasteiger partial charge in [0.25, 0.3) is 5.91 Å². The molecular formula is C39H52Cl4N4O5. The van der Waals surface area contributed by atoms with E-state index in [4.69, 9.17) is 37.4 Å². The van der Waals surface area contributed by atoms with Crippen molar-refractivity contribution >= 4 is 65.5 Å². The van der Waals surface area contributed by atoms with Crippen LogP contribution in [0.25, 0.3) is 0 Å². The van der Waals surface area contributed by atoms with Crippen LogP contribution in [0.15, 0.2) is 60.7 Å². The van der Waals surface area contributed by atoms with E-state index in [0.29, 0.717) is 54.0 Å². The third-order valence-electron chi connectivity index (χ3n) is 8.88. The number of benzene rings is 3. The number of carbonyl (C=O) groups excluding carboxylic acids is 2. The SMILES string of the molecule is COc1c(OCCCNCCCc2ccccc2Cl)cccc1[C@@H]1O[C@@H](CC(=O)N2CCNCC2)C(=O)N(CC(C)(C)C)c2ccc(Cl)cc21.Cl.Cl. The Morgan fingerprint density at radius 3 is 2.42 bits per heavy atom. The van der Waals surface area contributed by atoms with E-state index in [1.54, 1.807) is 23.0 Å². The number of halogens is 4. The van der Waals surface area contributed by atoms with Gasteiger partial charge in [-0.05, 0) is 73.7 Å². The Labute approximate surface area is 330 Å². The van der Waals surface area contributed by atoms with Crippen LogP contribution in [0.5, 0.6) is 11.5 Å². The lowest BCUT2D eigenvalue weighted by Crippen LogP contribution is -2.49. The Morgan fingerprint density at radius 2 is 1.71 bits per heavy atom. The second kappa shape index (κ2) is 20.6.